The fourth-order valence-corrected chi connectivity index (χ4v) is 3.76. The monoisotopic (exact) mass is 365 g/mol. The van der Waals surface area contributed by atoms with E-state index >= 15 is 0 Å². The summed E-state index contributed by atoms with van der Waals surface area (Å²) < 4.78 is 12.9. The molecule has 3 aromatic rings. The average Bonchev–Trinajstić information content (AvgIpc) is 3.26. The first kappa shape index (κ1) is 16.7. The number of hydrogen-bond acceptors (Lipinski definition) is 5. The first-order chi connectivity index (χ1) is 12.7. The van der Waals surface area contributed by atoms with Crippen molar-refractivity contribution in [2.24, 2.45) is 0 Å². The highest BCUT2D eigenvalue weighted by Crippen LogP contribution is 2.34. The van der Waals surface area contributed by atoms with Crippen molar-refractivity contribution in [1.82, 2.24) is 14.8 Å². The van der Waals surface area contributed by atoms with Gasteiger partial charge in [0.25, 0.3) is 0 Å². The highest BCUT2D eigenvalue weighted by molar-refractivity contribution is 7.98. The van der Waals surface area contributed by atoms with E-state index < -0.39 is 0 Å². The van der Waals surface area contributed by atoms with Crippen molar-refractivity contribution in [2.75, 3.05) is 6.79 Å². The Morgan fingerprint density at radius 2 is 2.04 bits per heavy atom. The summed E-state index contributed by atoms with van der Waals surface area (Å²) in [5.41, 5.74) is 3.42. The topological polar surface area (TPSA) is 49.2 Å². The summed E-state index contributed by atoms with van der Waals surface area (Å²) in [6, 6.07) is 14.3. The van der Waals surface area contributed by atoms with Crippen LogP contribution in [0.3, 0.4) is 0 Å². The van der Waals surface area contributed by atoms with Crippen LogP contribution in [-0.2, 0) is 12.3 Å². The number of fused-ring (bicyclic) bond motifs is 1. The molecule has 1 aromatic heterocycles. The van der Waals surface area contributed by atoms with Gasteiger partial charge in [0.1, 0.15) is 0 Å². The number of benzene rings is 2. The Labute approximate surface area is 156 Å². The quantitative estimate of drug-likeness (QED) is 0.477. The summed E-state index contributed by atoms with van der Waals surface area (Å²) in [5.74, 6) is 3.24. The molecule has 0 N–H and O–H groups in total. The zero-order valence-electron chi connectivity index (χ0n) is 14.5. The van der Waals surface area contributed by atoms with Gasteiger partial charge in [0.2, 0.25) is 6.79 Å². The predicted octanol–water partition coefficient (Wildman–Crippen LogP) is 4.46. The number of hydrogen-bond donors (Lipinski definition) is 0. The van der Waals surface area contributed by atoms with Crippen LogP contribution in [0.4, 0.5) is 0 Å². The second-order valence-electron chi connectivity index (χ2n) is 6.05. The minimum Gasteiger partial charge on any atom is -0.454 e. The van der Waals surface area contributed by atoms with Gasteiger partial charge in [-0.25, -0.2) is 0 Å². The van der Waals surface area contributed by atoms with Crippen LogP contribution in [0.1, 0.15) is 11.1 Å². The average molecular weight is 365 g/mol. The van der Waals surface area contributed by atoms with Gasteiger partial charge >= 0.3 is 0 Å². The zero-order chi connectivity index (χ0) is 17.9. The van der Waals surface area contributed by atoms with Gasteiger partial charge in [-0.05, 0) is 30.7 Å². The van der Waals surface area contributed by atoms with Gasteiger partial charge in [0.05, 0.1) is 0 Å². The molecule has 0 spiro atoms. The van der Waals surface area contributed by atoms with Crippen LogP contribution in [0.5, 0.6) is 11.5 Å². The second-order valence-corrected chi connectivity index (χ2v) is 6.99. The van der Waals surface area contributed by atoms with Crippen molar-refractivity contribution in [2.45, 2.75) is 24.4 Å². The van der Waals surface area contributed by atoms with Crippen molar-refractivity contribution < 1.29 is 9.47 Å². The smallest absolute Gasteiger partial charge is 0.231 e. The third kappa shape index (κ3) is 3.32. The lowest BCUT2D eigenvalue weighted by molar-refractivity contribution is 0.174. The molecule has 0 fully saturated rings. The molecule has 0 saturated carbocycles. The third-order valence-corrected chi connectivity index (χ3v) is 5.15. The molecule has 1 aliphatic heterocycles. The number of allylic oxidation sites excluding steroid dienone is 1. The highest BCUT2D eigenvalue weighted by atomic mass is 32.2. The first-order valence-electron chi connectivity index (χ1n) is 8.37. The highest BCUT2D eigenvalue weighted by Gasteiger charge is 2.16. The lowest BCUT2D eigenvalue weighted by Crippen LogP contribution is -2.00. The molecule has 0 unspecified atom stereocenters. The van der Waals surface area contributed by atoms with E-state index in [1.54, 1.807) is 11.8 Å². The molecule has 0 atom stereocenters. The number of aryl methyl sites for hydroxylation is 1. The molecule has 6 heteroatoms. The molecule has 1 aliphatic rings. The van der Waals surface area contributed by atoms with E-state index in [9.17, 15) is 0 Å². The SMILES string of the molecule is C=CCn1c(SCc2ccc3c(c2)OCO3)nnc1-c1cccc(C)c1. The van der Waals surface area contributed by atoms with E-state index in [1.807, 2.05) is 24.3 Å². The standard InChI is InChI=1S/C20H19N3O2S/c1-3-9-23-19(16-6-4-5-14(2)10-16)21-22-20(23)26-12-15-7-8-17-18(11-15)25-13-24-17/h3-8,10-11H,1,9,12-13H2,2H3. The lowest BCUT2D eigenvalue weighted by atomic mass is 10.1. The zero-order valence-corrected chi connectivity index (χ0v) is 15.3. The molecule has 0 radical (unpaired) electrons. The molecular weight excluding hydrogens is 346 g/mol. The van der Waals surface area contributed by atoms with Crippen LogP contribution in [0.2, 0.25) is 0 Å². The Hall–Kier alpha value is -2.73. The Balaban J connectivity index is 1.57. The van der Waals surface area contributed by atoms with E-state index in [-0.39, 0.29) is 0 Å². The Kier molecular flexibility index (Phi) is 4.67. The molecule has 2 aromatic carbocycles. The molecule has 0 aliphatic carbocycles. The molecule has 2 heterocycles. The van der Waals surface area contributed by atoms with Crippen LogP contribution in [0.15, 0.2) is 60.3 Å². The second kappa shape index (κ2) is 7.25. The summed E-state index contributed by atoms with van der Waals surface area (Å²) in [5, 5.41) is 9.69. The minimum absolute atomic E-state index is 0.291. The van der Waals surface area contributed by atoms with Crippen LogP contribution in [-0.4, -0.2) is 21.6 Å². The first-order valence-corrected chi connectivity index (χ1v) is 9.35. The van der Waals surface area contributed by atoms with E-state index in [4.69, 9.17) is 9.47 Å². The maximum absolute atomic E-state index is 5.45. The molecule has 4 rings (SSSR count). The molecule has 26 heavy (non-hydrogen) atoms. The van der Waals surface area contributed by atoms with Gasteiger partial charge in [0, 0.05) is 17.9 Å². The van der Waals surface area contributed by atoms with Crippen molar-refractivity contribution in [3.05, 3.63) is 66.2 Å². The largest absolute Gasteiger partial charge is 0.454 e. The van der Waals surface area contributed by atoms with Gasteiger partial charge in [0.15, 0.2) is 22.5 Å². The molecule has 5 nitrogen and oxygen atoms in total. The molecular formula is C20H19N3O2S. The lowest BCUT2D eigenvalue weighted by Gasteiger charge is -2.08. The van der Waals surface area contributed by atoms with Crippen LogP contribution in [0.25, 0.3) is 11.4 Å². The van der Waals surface area contributed by atoms with Crippen molar-refractivity contribution in [3.63, 3.8) is 0 Å². The van der Waals surface area contributed by atoms with Crippen LogP contribution >= 0.6 is 11.8 Å². The Morgan fingerprint density at radius 3 is 2.88 bits per heavy atom. The molecule has 0 saturated heterocycles. The van der Waals surface area contributed by atoms with Gasteiger partial charge in [-0.2, -0.15) is 0 Å². The number of aromatic nitrogens is 3. The maximum Gasteiger partial charge on any atom is 0.231 e. The minimum atomic E-state index is 0.291. The van der Waals surface area contributed by atoms with Gasteiger partial charge in [-0.15, -0.1) is 16.8 Å². The van der Waals surface area contributed by atoms with E-state index in [0.717, 1.165) is 39.4 Å². The van der Waals surface area contributed by atoms with Crippen molar-refractivity contribution in [3.8, 4) is 22.9 Å². The summed E-state index contributed by atoms with van der Waals surface area (Å²) in [7, 11) is 0. The van der Waals surface area contributed by atoms with Gasteiger partial charge in [-0.1, -0.05) is 47.7 Å². The summed E-state index contributed by atoms with van der Waals surface area (Å²) in [6.07, 6.45) is 1.87. The number of rotatable bonds is 6. The maximum atomic E-state index is 5.45. The van der Waals surface area contributed by atoms with Crippen LogP contribution < -0.4 is 9.47 Å². The normalized spacial score (nSPS) is 12.3. The Bertz CT molecular complexity index is 952. The van der Waals surface area contributed by atoms with E-state index in [1.165, 1.54) is 5.56 Å². The van der Waals surface area contributed by atoms with Gasteiger partial charge < -0.3 is 9.47 Å². The summed E-state index contributed by atoms with van der Waals surface area (Å²) in [4.78, 5) is 0. The fourth-order valence-electron chi connectivity index (χ4n) is 2.87. The van der Waals surface area contributed by atoms with E-state index in [2.05, 4.69) is 52.5 Å². The van der Waals surface area contributed by atoms with Crippen LogP contribution in [0, 0.1) is 6.92 Å². The number of ether oxygens (including phenoxy) is 2. The molecule has 0 bridgehead atoms. The van der Waals surface area contributed by atoms with Crippen molar-refractivity contribution in [1.29, 1.82) is 0 Å². The summed E-state index contributed by atoms with van der Waals surface area (Å²) in [6.45, 7) is 6.90. The van der Waals surface area contributed by atoms with E-state index in [0.29, 0.717) is 13.3 Å². The summed E-state index contributed by atoms with van der Waals surface area (Å²) >= 11 is 1.65. The Morgan fingerprint density at radius 1 is 1.15 bits per heavy atom. The van der Waals surface area contributed by atoms with Crippen molar-refractivity contribution >= 4 is 11.8 Å². The predicted molar refractivity (Wildman–Crippen MR) is 103 cm³/mol. The number of nitrogens with zero attached hydrogens (tertiary/aromatic N) is 3. The third-order valence-electron chi connectivity index (χ3n) is 4.11. The molecule has 132 valence electrons. The molecule has 0 amide bonds. The van der Waals surface area contributed by atoms with Gasteiger partial charge in [-0.3, -0.25) is 4.57 Å². The fraction of sp³-hybridized carbons (Fsp3) is 0.200. The number of thioether (sulfide) groups is 1.